The zero-order valence-electron chi connectivity index (χ0n) is 12.9. The number of nitriles is 1. The molecule has 20 heavy (non-hydrogen) atoms. The lowest BCUT2D eigenvalue weighted by molar-refractivity contribution is -0.133. The van der Waals surface area contributed by atoms with Gasteiger partial charge in [0.25, 0.3) is 0 Å². The summed E-state index contributed by atoms with van der Waals surface area (Å²) in [6, 6.07) is 7.81. The third kappa shape index (κ3) is 3.05. The van der Waals surface area contributed by atoms with E-state index in [4.69, 9.17) is 9.47 Å². The average molecular weight is 274 g/mol. The lowest BCUT2D eigenvalue weighted by Gasteiger charge is -2.48. The Balaban J connectivity index is 2.42. The van der Waals surface area contributed by atoms with E-state index >= 15 is 0 Å². The van der Waals surface area contributed by atoms with Gasteiger partial charge in [-0.2, -0.15) is 5.26 Å². The summed E-state index contributed by atoms with van der Waals surface area (Å²) < 4.78 is 11.4. The van der Waals surface area contributed by atoms with Gasteiger partial charge in [-0.05, 0) is 39.8 Å². The Labute approximate surface area is 120 Å². The smallest absolute Gasteiger partial charge is 0.121 e. The standard InChI is InChI=1S/C16H22N2O2/c1-15(2)10-18(11-16(3,4)20-15)14-8-13(19-5)7-6-12(14)9-17/h6-8H,10-11H2,1-5H3. The maximum Gasteiger partial charge on any atom is 0.121 e. The molecule has 0 spiro atoms. The Morgan fingerprint density at radius 2 is 1.80 bits per heavy atom. The van der Waals surface area contributed by atoms with E-state index < -0.39 is 0 Å². The summed E-state index contributed by atoms with van der Waals surface area (Å²) >= 11 is 0. The van der Waals surface area contributed by atoms with Crippen molar-refractivity contribution in [2.75, 3.05) is 25.1 Å². The van der Waals surface area contributed by atoms with E-state index in [-0.39, 0.29) is 11.2 Å². The Bertz CT molecular complexity index is 528. The molecule has 0 aromatic heterocycles. The first-order chi connectivity index (χ1) is 9.26. The van der Waals surface area contributed by atoms with Crippen molar-refractivity contribution in [2.45, 2.75) is 38.9 Å². The number of benzene rings is 1. The van der Waals surface area contributed by atoms with Gasteiger partial charge in [-0.15, -0.1) is 0 Å². The van der Waals surface area contributed by atoms with Gasteiger partial charge in [-0.25, -0.2) is 0 Å². The molecule has 1 aromatic rings. The molecule has 0 radical (unpaired) electrons. The van der Waals surface area contributed by atoms with Crippen molar-refractivity contribution in [3.8, 4) is 11.8 Å². The second-order valence-electron chi connectivity index (χ2n) is 6.47. The first kappa shape index (κ1) is 14.7. The molecule has 0 N–H and O–H groups in total. The summed E-state index contributed by atoms with van der Waals surface area (Å²) in [5.41, 5.74) is 1.07. The molecule has 2 rings (SSSR count). The van der Waals surface area contributed by atoms with E-state index in [1.807, 2.05) is 18.2 Å². The lowest BCUT2D eigenvalue weighted by Crippen LogP contribution is -2.57. The Hall–Kier alpha value is -1.73. The number of ether oxygens (including phenoxy) is 2. The van der Waals surface area contributed by atoms with Crippen LogP contribution in [0.2, 0.25) is 0 Å². The molecule has 1 aromatic carbocycles. The molecule has 0 bridgehead atoms. The summed E-state index contributed by atoms with van der Waals surface area (Å²) in [5.74, 6) is 0.765. The number of nitrogens with zero attached hydrogens (tertiary/aromatic N) is 2. The lowest BCUT2D eigenvalue weighted by atomic mass is 9.97. The van der Waals surface area contributed by atoms with Gasteiger partial charge in [0.2, 0.25) is 0 Å². The van der Waals surface area contributed by atoms with Crippen LogP contribution in [0.5, 0.6) is 5.75 Å². The summed E-state index contributed by atoms with van der Waals surface area (Å²) in [6.07, 6.45) is 0. The minimum Gasteiger partial charge on any atom is -0.497 e. The topological polar surface area (TPSA) is 45.5 Å². The van der Waals surface area contributed by atoms with Crippen molar-refractivity contribution in [3.63, 3.8) is 0 Å². The van der Waals surface area contributed by atoms with Gasteiger partial charge < -0.3 is 14.4 Å². The molecule has 4 nitrogen and oxygen atoms in total. The van der Waals surface area contributed by atoms with Gasteiger partial charge in [0.15, 0.2) is 0 Å². The minimum absolute atomic E-state index is 0.252. The molecule has 0 unspecified atom stereocenters. The SMILES string of the molecule is COc1ccc(C#N)c(N2CC(C)(C)OC(C)(C)C2)c1. The van der Waals surface area contributed by atoms with Crippen molar-refractivity contribution in [3.05, 3.63) is 23.8 Å². The van der Waals surface area contributed by atoms with Gasteiger partial charge in [-0.1, -0.05) is 0 Å². The molecule has 0 atom stereocenters. The Morgan fingerprint density at radius 3 is 2.30 bits per heavy atom. The maximum absolute atomic E-state index is 9.32. The van der Waals surface area contributed by atoms with Crippen molar-refractivity contribution >= 4 is 5.69 Å². The van der Waals surface area contributed by atoms with Crippen LogP contribution in [0.1, 0.15) is 33.3 Å². The van der Waals surface area contributed by atoms with Crippen molar-refractivity contribution in [2.24, 2.45) is 0 Å². The quantitative estimate of drug-likeness (QED) is 0.831. The van der Waals surface area contributed by atoms with E-state index in [0.717, 1.165) is 24.5 Å². The number of hydrogen-bond donors (Lipinski definition) is 0. The van der Waals surface area contributed by atoms with Gasteiger partial charge in [0, 0.05) is 19.2 Å². The largest absolute Gasteiger partial charge is 0.497 e. The van der Waals surface area contributed by atoms with Crippen molar-refractivity contribution < 1.29 is 9.47 Å². The summed E-state index contributed by atoms with van der Waals surface area (Å²) in [7, 11) is 1.64. The predicted octanol–water partition coefficient (Wildman–Crippen LogP) is 2.96. The molecular formula is C16H22N2O2. The summed E-state index contributed by atoms with van der Waals surface area (Å²) in [6.45, 7) is 9.80. The molecule has 0 aliphatic carbocycles. The van der Waals surface area contributed by atoms with E-state index in [1.54, 1.807) is 7.11 Å². The van der Waals surface area contributed by atoms with Crippen LogP contribution in [-0.2, 0) is 4.74 Å². The Kier molecular flexibility index (Phi) is 3.66. The highest BCUT2D eigenvalue weighted by Gasteiger charge is 2.38. The second kappa shape index (κ2) is 4.99. The fraction of sp³-hybridized carbons (Fsp3) is 0.562. The summed E-state index contributed by atoms with van der Waals surface area (Å²) in [5, 5.41) is 9.32. The molecule has 4 heteroatoms. The van der Waals surface area contributed by atoms with Gasteiger partial charge in [0.1, 0.15) is 11.8 Å². The van der Waals surface area contributed by atoms with Gasteiger partial charge >= 0.3 is 0 Å². The van der Waals surface area contributed by atoms with Crippen LogP contribution in [0.15, 0.2) is 18.2 Å². The van der Waals surface area contributed by atoms with Crippen LogP contribution in [0.3, 0.4) is 0 Å². The Morgan fingerprint density at radius 1 is 1.20 bits per heavy atom. The van der Waals surface area contributed by atoms with E-state index in [0.29, 0.717) is 5.56 Å². The first-order valence-corrected chi connectivity index (χ1v) is 6.80. The zero-order chi connectivity index (χ0) is 15.0. The first-order valence-electron chi connectivity index (χ1n) is 6.80. The van der Waals surface area contributed by atoms with Gasteiger partial charge in [-0.3, -0.25) is 0 Å². The van der Waals surface area contributed by atoms with Crippen LogP contribution < -0.4 is 9.64 Å². The zero-order valence-corrected chi connectivity index (χ0v) is 12.9. The molecule has 1 saturated heterocycles. The third-order valence-corrected chi connectivity index (χ3v) is 3.36. The number of rotatable bonds is 2. The fourth-order valence-corrected chi connectivity index (χ4v) is 2.95. The highest BCUT2D eigenvalue weighted by molar-refractivity contribution is 5.62. The molecular weight excluding hydrogens is 252 g/mol. The van der Waals surface area contributed by atoms with Crippen LogP contribution in [0, 0.1) is 11.3 Å². The molecule has 0 saturated carbocycles. The predicted molar refractivity (Wildman–Crippen MR) is 79.2 cm³/mol. The molecule has 1 aliphatic rings. The molecule has 1 heterocycles. The second-order valence-corrected chi connectivity index (χ2v) is 6.47. The minimum atomic E-state index is -0.252. The summed E-state index contributed by atoms with van der Waals surface area (Å²) in [4.78, 5) is 2.21. The monoisotopic (exact) mass is 274 g/mol. The number of morpholine rings is 1. The third-order valence-electron chi connectivity index (χ3n) is 3.36. The highest BCUT2D eigenvalue weighted by atomic mass is 16.5. The molecule has 1 fully saturated rings. The number of anilines is 1. The number of methoxy groups -OCH3 is 1. The molecule has 0 amide bonds. The van der Waals surface area contributed by atoms with Gasteiger partial charge in [0.05, 0.1) is 29.6 Å². The van der Waals surface area contributed by atoms with E-state index in [1.165, 1.54) is 0 Å². The normalized spacial score (nSPS) is 20.3. The van der Waals surface area contributed by atoms with Crippen LogP contribution >= 0.6 is 0 Å². The average Bonchev–Trinajstić information content (AvgIpc) is 2.34. The highest BCUT2D eigenvalue weighted by Crippen LogP contribution is 2.34. The van der Waals surface area contributed by atoms with Crippen LogP contribution in [0.4, 0.5) is 5.69 Å². The van der Waals surface area contributed by atoms with Crippen molar-refractivity contribution in [1.82, 2.24) is 0 Å². The van der Waals surface area contributed by atoms with Crippen LogP contribution in [-0.4, -0.2) is 31.4 Å². The van der Waals surface area contributed by atoms with Crippen molar-refractivity contribution in [1.29, 1.82) is 5.26 Å². The maximum atomic E-state index is 9.32. The molecule has 1 aliphatic heterocycles. The van der Waals surface area contributed by atoms with Crippen LogP contribution in [0.25, 0.3) is 0 Å². The molecule has 108 valence electrons. The van der Waals surface area contributed by atoms with E-state index in [9.17, 15) is 5.26 Å². The fourth-order valence-electron chi connectivity index (χ4n) is 2.95. The van der Waals surface area contributed by atoms with E-state index in [2.05, 4.69) is 38.7 Å². The number of hydrogen-bond acceptors (Lipinski definition) is 4.